The van der Waals surface area contributed by atoms with E-state index in [1.807, 2.05) is 19.1 Å². The van der Waals surface area contributed by atoms with Gasteiger partial charge >= 0.3 is 0 Å². The number of carbonyl (C=O) groups is 1. The van der Waals surface area contributed by atoms with Crippen LogP contribution < -0.4 is 11.1 Å². The first-order valence-corrected chi connectivity index (χ1v) is 7.06. The number of benzene rings is 1. The van der Waals surface area contributed by atoms with Crippen LogP contribution in [-0.2, 0) is 4.79 Å². The molecule has 0 spiro atoms. The lowest BCUT2D eigenvalue weighted by Crippen LogP contribution is -2.23. The molecule has 1 unspecified atom stereocenters. The van der Waals surface area contributed by atoms with Crippen LogP contribution in [0.3, 0.4) is 0 Å². The predicted molar refractivity (Wildman–Crippen MR) is 81.4 cm³/mol. The molecule has 1 aromatic carbocycles. The van der Waals surface area contributed by atoms with Crippen molar-refractivity contribution < 1.29 is 4.79 Å². The lowest BCUT2D eigenvalue weighted by atomic mass is 9.94. The quantitative estimate of drug-likeness (QED) is 0.838. The Hall–Kier alpha value is -1.06. The Kier molecular flexibility index (Phi) is 6.32. The van der Waals surface area contributed by atoms with Crippen molar-refractivity contribution >= 4 is 23.2 Å². The summed E-state index contributed by atoms with van der Waals surface area (Å²) in [7, 11) is 0. The molecule has 0 heterocycles. The van der Waals surface area contributed by atoms with Gasteiger partial charge in [0.15, 0.2) is 0 Å². The van der Waals surface area contributed by atoms with Crippen LogP contribution in [0.15, 0.2) is 18.2 Å². The maximum atomic E-state index is 12.0. The number of aryl methyl sites for hydroxylation is 1. The topological polar surface area (TPSA) is 55.1 Å². The van der Waals surface area contributed by atoms with Gasteiger partial charge in [-0.3, -0.25) is 4.79 Å². The Morgan fingerprint density at radius 3 is 2.63 bits per heavy atom. The number of hydrogen-bond donors (Lipinski definition) is 2. The summed E-state index contributed by atoms with van der Waals surface area (Å²) in [5, 5.41) is 3.46. The predicted octanol–water partition coefficient (Wildman–Crippen LogP) is 3.60. The molecule has 0 aromatic heterocycles. The molecule has 0 aliphatic heterocycles. The number of para-hydroxylation sites is 1. The van der Waals surface area contributed by atoms with Gasteiger partial charge in [-0.25, -0.2) is 0 Å². The first kappa shape index (κ1) is 16.0. The highest BCUT2D eigenvalue weighted by Crippen LogP contribution is 2.26. The van der Waals surface area contributed by atoms with Gasteiger partial charge in [-0.1, -0.05) is 37.6 Å². The number of carbonyl (C=O) groups excluding carboxylic acids is 1. The van der Waals surface area contributed by atoms with Crippen LogP contribution in [-0.4, -0.2) is 12.5 Å². The van der Waals surface area contributed by atoms with E-state index in [9.17, 15) is 4.79 Å². The van der Waals surface area contributed by atoms with Gasteiger partial charge in [-0.2, -0.15) is 0 Å². The fourth-order valence-electron chi connectivity index (χ4n) is 2.17. The van der Waals surface area contributed by atoms with Crippen LogP contribution in [0.4, 0.5) is 5.69 Å². The number of amides is 1. The Morgan fingerprint density at radius 2 is 2.11 bits per heavy atom. The molecule has 0 aliphatic carbocycles. The van der Waals surface area contributed by atoms with E-state index in [1.165, 1.54) is 0 Å². The van der Waals surface area contributed by atoms with Gasteiger partial charge in [0.25, 0.3) is 0 Å². The van der Waals surface area contributed by atoms with E-state index in [2.05, 4.69) is 19.2 Å². The lowest BCUT2D eigenvalue weighted by molar-refractivity contribution is -0.117. The van der Waals surface area contributed by atoms with Crippen LogP contribution in [0.1, 0.15) is 32.3 Å². The number of rotatable bonds is 6. The summed E-state index contributed by atoms with van der Waals surface area (Å²) in [5.41, 5.74) is 7.39. The van der Waals surface area contributed by atoms with Gasteiger partial charge in [0.1, 0.15) is 0 Å². The molecule has 1 aromatic rings. The molecular weight excluding hydrogens is 260 g/mol. The van der Waals surface area contributed by atoms with E-state index in [0.717, 1.165) is 12.0 Å². The molecule has 0 fully saturated rings. The van der Waals surface area contributed by atoms with Crippen molar-refractivity contribution in [2.45, 2.75) is 33.6 Å². The number of halogens is 1. The number of nitrogens with one attached hydrogen (secondary N) is 1. The fraction of sp³-hybridized carbons (Fsp3) is 0.533. The third-order valence-corrected chi connectivity index (χ3v) is 3.41. The van der Waals surface area contributed by atoms with Crippen LogP contribution in [0.2, 0.25) is 5.02 Å². The van der Waals surface area contributed by atoms with Gasteiger partial charge < -0.3 is 11.1 Å². The second kappa shape index (κ2) is 7.51. The van der Waals surface area contributed by atoms with Crippen LogP contribution in [0, 0.1) is 18.8 Å². The maximum absolute atomic E-state index is 12.0. The second-order valence-corrected chi connectivity index (χ2v) is 5.82. The Balaban J connectivity index is 2.64. The number of hydrogen-bond acceptors (Lipinski definition) is 2. The molecule has 1 amide bonds. The summed E-state index contributed by atoms with van der Waals surface area (Å²) in [5.74, 6) is 0.749. The van der Waals surface area contributed by atoms with Crippen molar-refractivity contribution in [3.63, 3.8) is 0 Å². The zero-order chi connectivity index (χ0) is 14.4. The van der Waals surface area contributed by atoms with E-state index in [-0.39, 0.29) is 11.8 Å². The lowest BCUT2D eigenvalue weighted by Gasteiger charge is -2.17. The fourth-order valence-corrected chi connectivity index (χ4v) is 2.44. The SMILES string of the molecule is Cc1cccc(Cl)c1NC(=O)CC(CN)CC(C)C. The summed E-state index contributed by atoms with van der Waals surface area (Å²) in [6, 6.07) is 5.57. The summed E-state index contributed by atoms with van der Waals surface area (Å²) in [6.45, 7) is 6.74. The van der Waals surface area contributed by atoms with E-state index in [4.69, 9.17) is 17.3 Å². The molecule has 4 heteroatoms. The van der Waals surface area contributed by atoms with Gasteiger partial charge in [0, 0.05) is 6.42 Å². The zero-order valence-corrected chi connectivity index (χ0v) is 12.6. The molecule has 0 bridgehead atoms. The molecule has 3 N–H and O–H groups in total. The Labute approximate surface area is 120 Å². The average molecular weight is 283 g/mol. The highest BCUT2D eigenvalue weighted by Gasteiger charge is 2.15. The third-order valence-electron chi connectivity index (χ3n) is 3.10. The van der Waals surface area contributed by atoms with Crippen molar-refractivity contribution in [1.82, 2.24) is 0 Å². The van der Waals surface area contributed by atoms with E-state index < -0.39 is 0 Å². The van der Waals surface area contributed by atoms with Gasteiger partial charge in [0.05, 0.1) is 10.7 Å². The molecule has 0 aliphatic rings. The van der Waals surface area contributed by atoms with Crippen LogP contribution in [0.25, 0.3) is 0 Å². The highest BCUT2D eigenvalue weighted by atomic mass is 35.5. The van der Waals surface area contributed by atoms with Gasteiger partial charge in [-0.15, -0.1) is 0 Å². The normalized spacial score (nSPS) is 12.5. The molecule has 1 atom stereocenters. The minimum Gasteiger partial charge on any atom is -0.330 e. The first-order valence-electron chi connectivity index (χ1n) is 6.69. The third kappa shape index (κ3) is 5.21. The van der Waals surface area contributed by atoms with E-state index in [0.29, 0.717) is 29.6 Å². The maximum Gasteiger partial charge on any atom is 0.224 e. The molecule has 0 saturated carbocycles. The first-order chi connectivity index (χ1) is 8.93. The molecule has 19 heavy (non-hydrogen) atoms. The second-order valence-electron chi connectivity index (χ2n) is 5.42. The van der Waals surface area contributed by atoms with E-state index in [1.54, 1.807) is 6.07 Å². The molecule has 0 radical (unpaired) electrons. The monoisotopic (exact) mass is 282 g/mol. The zero-order valence-electron chi connectivity index (χ0n) is 11.9. The van der Waals surface area contributed by atoms with Crippen LogP contribution in [0.5, 0.6) is 0 Å². The molecule has 106 valence electrons. The average Bonchev–Trinajstić information content (AvgIpc) is 2.32. The summed E-state index contributed by atoms with van der Waals surface area (Å²) in [6.07, 6.45) is 1.41. The standard InChI is InChI=1S/C15H23ClN2O/c1-10(2)7-12(9-17)8-14(19)18-15-11(3)5-4-6-13(15)16/h4-6,10,12H,7-9,17H2,1-3H3,(H,18,19). The van der Waals surface area contributed by atoms with Crippen molar-refractivity contribution in [1.29, 1.82) is 0 Å². The number of anilines is 1. The Bertz CT molecular complexity index is 412. The van der Waals surface area contributed by atoms with Crippen molar-refractivity contribution in [2.75, 3.05) is 11.9 Å². The minimum absolute atomic E-state index is 0.0210. The Morgan fingerprint density at radius 1 is 1.42 bits per heavy atom. The summed E-state index contributed by atoms with van der Waals surface area (Å²) >= 11 is 6.09. The highest BCUT2D eigenvalue weighted by molar-refractivity contribution is 6.33. The largest absolute Gasteiger partial charge is 0.330 e. The minimum atomic E-state index is -0.0210. The molecule has 3 nitrogen and oxygen atoms in total. The van der Waals surface area contributed by atoms with Crippen molar-refractivity contribution in [3.05, 3.63) is 28.8 Å². The van der Waals surface area contributed by atoms with Gasteiger partial charge in [-0.05, 0) is 43.4 Å². The van der Waals surface area contributed by atoms with Crippen LogP contribution >= 0.6 is 11.6 Å². The smallest absolute Gasteiger partial charge is 0.224 e. The summed E-state index contributed by atoms with van der Waals surface area (Å²) < 4.78 is 0. The number of nitrogens with two attached hydrogens (primary N) is 1. The molecular formula is C15H23ClN2O. The van der Waals surface area contributed by atoms with Crippen molar-refractivity contribution in [3.8, 4) is 0 Å². The molecule has 0 saturated heterocycles. The van der Waals surface area contributed by atoms with Gasteiger partial charge in [0.2, 0.25) is 5.91 Å². The summed E-state index contributed by atoms with van der Waals surface area (Å²) in [4.78, 5) is 12.0. The van der Waals surface area contributed by atoms with E-state index >= 15 is 0 Å². The van der Waals surface area contributed by atoms with Crippen molar-refractivity contribution in [2.24, 2.45) is 17.6 Å². The molecule has 1 rings (SSSR count).